The highest BCUT2D eigenvalue weighted by atomic mass is 14.7. The van der Waals surface area contributed by atoms with Gasteiger partial charge in [0, 0.05) is 67.1 Å². The van der Waals surface area contributed by atoms with Gasteiger partial charge in [-0.15, -0.1) is 0 Å². The number of aromatic nitrogens is 3. The van der Waals surface area contributed by atoms with Crippen LogP contribution in [0.2, 0.25) is 0 Å². The highest BCUT2D eigenvalue weighted by Crippen LogP contribution is 2.41. The average molecular weight is 1580 g/mol. The van der Waals surface area contributed by atoms with E-state index in [1.807, 2.05) is 12.4 Å². The topological polar surface area (TPSA) is 38.7 Å². The number of aryl methyl sites for hydroxylation is 18. The van der Waals surface area contributed by atoms with Gasteiger partial charge in [0.15, 0.2) is 0 Å². The Balaban J connectivity index is 0.000000126. The Bertz CT molecular complexity index is 7370. The summed E-state index contributed by atoms with van der Waals surface area (Å²) in [4.78, 5) is 14.5. The lowest BCUT2D eigenvalue weighted by atomic mass is 9.33. The van der Waals surface area contributed by atoms with Crippen molar-refractivity contribution in [3.8, 4) is 22.3 Å². The normalized spacial score (nSPS) is 11.5. The zero-order valence-corrected chi connectivity index (χ0v) is 74.4. The highest BCUT2D eigenvalue weighted by Gasteiger charge is 2.34. The molecule has 0 spiro atoms. The monoisotopic (exact) mass is 1580 g/mol. The van der Waals surface area contributed by atoms with Crippen molar-refractivity contribution in [2.45, 2.75) is 125 Å². The lowest BCUT2D eigenvalue weighted by Gasteiger charge is -2.26. The van der Waals surface area contributed by atoms with E-state index in [9.17, 15) is 0 Å². The number of para-hydroxylation sites is 3. The van der Waals surface area contributed by atoms with Crippen LogP contribution in [0.4, 0.5) is 0 Å². The summed E-state index contributed by atoms with van der Waals surface area (Å²) in [7, 11) is 0. The van der Waals surface area contributed by atoms with Gasteiger partial charge in [-0.05, 0) is 210 Å². The van der Waals surface area contributed by atoms with Gasteiger partial charge in [0.2, 0.25) is 20.1 Å². The van der Waals surface area contributed by atoms with Crippen LogP contribution in [0.15, 0.2) is 304 Å². The molecule has 0 saturated heterocycles. The molecule has 0 fully saturated rings. The molecule has 0 aliphatic rings. The van der Waals surface area contributed by atoms with E-state index in [0.717, 1.165) is 16.6 Å². The van der Waals surface area contributed by atoms with Crippen molar-refractivity contribution in [1.29, 1.82) is 0 Å². The van der Waals surface area contributed by atoms with E-state index < -0.39 is 0 Å². The molecule has 20 rings (SSSR count). The maximum atomic E-state index is 4.86. The van der Waals surface area contributed by atoms with Gasteiger partial charge < -0.3 is 0 Å². The number of rotatable bonds is 11. The first-order valence-electron chi connectivity index (χ1n) is 43.7. The quantitative estimate of drug-likeness (QED) is 0.0957. The van der Waals surface area contributed by atoms with Crippen molar-refractivity contribution in [2.75, 3.05) is 0 Å². The molecule has 0 aliphatic heterocycles. The van der Waals surface area contributed by atoms with Crippen LogP contribution in [-0.2, 0) is 0 Å². The molecular weight excluding hydrogens is 1480 g/mol. The Labute approximate surface area is 727 Å². The second kappa shape index (κ2) is 32.9. The Morgan fingerprint density at radius 2 is 0.447 bits per heavy atom. The van der Waals surface area contributed by atoms with Gasteiger partial charge >= 0.3 is 0 Å². The van der Waals surface area contributed by atoms with Crippen molar-refractivity contribution < 1.29 is 0 Å². The van der Waals surface area contributed by atoms with Crippen LogP contribution < -0.4 is 49.2 Å². The number of pyridine rings is 3. The molecule has 0 saturated carbocycles. The van der Waals surface area contributed by atoms with Gasteiger partial charge in [-0.2, -0.15) is 0 Å². The number of nitrogens with zero attached hydrogens (tertiary/aromatic N) is 3. The second-order valence-electron chi connectivity index (χ2n) is 35.6. The highest BCUT2D eigenvalue weighted by molar-refractivity contribution is 6.98. The van der Waals surface area contributed by atoms with Crippen molar-refractivity contribution in [2.24, 2.45) is 0 Å². The fraction of sp³-hybridized carbons (Fsp3) is 0.154. The van der Waals surface area contributed by atoms with E-state index in [0.29, 0.717) is 0 Å². The van der Waals surface area contributed by atoms with E-state index in [2.05, 4.69) is 416 Å². The van der Waals surface area contributed by atoms with Crippen LogP contribution in [0.1, 0.15) is 100 Å². The van der Waals surface area contributed by atoms with Crippen LogP contribution in [0.3, 0.4) is 0 Å². The first kappa shape index (κ1) is 80.8. The largest absolute Gasteiger partial charge is 0.256 e. The fourth-order valence-corrected chi connectivity index (χ4v) is 22.0. The summed E-state index contributed by atoms with van der Waals surface area (Å²) >= 11 is 0. The van der Waals surface area contributed by atoms with Crippen molar-refractivity contribution >= 4 is 167 Å². The lowest BCUT2D eigenvalue weighted by Crippen LogP contribution is -2.56. The van der Waals surface area contributed by atoms with Crippen molar-refractivity contribution in [3.05, 3.63) is 404 Å². The third-order valence-electron chi connectivity index (χ3n) is 26.4. The average Bonchev–Trinajstić information content (AvgIpc) is 0.729. The summed E-state index contributed by atoms with van der Waals surface area (Å²) in [5.41, 5.74) is 44.6. The number of fused-ring (bicyclic) bond motifs is 15. The minimum atomic E-state index is 0.127. The summed E-state index contributed by atoms with van der Waals surface area (Å²) in [6.45, 7) is 40.9. The lowest BCUT2D eigenvalue weighted by molar-refractivity contribution is 1.34. The molecule has 596 valence electrons. The molecule has 0 unspecified atom stereocenters. The number of benzene rings is 17. The third kappa shape index (κ3) is 15.0. The molecule has 3 aromatic heterocycles. The van der Waals surface area contributed by atoms with Gasteiger partial charge in [-0.3, -0.25) is 15.0 Å². The molecule has 3 heterocycles. The molecule has 20 aromatic rings. The number of hydrogen-bond donors (Lipinski definition) is 0. The minimum Gasteiger partial charge on any atom is -0.256 e. The van der Waals surface area contributed by atoms with E-state index in [1.54, 1.807) is 0 Å². The fourth-order valence-electron chi connectivity index (χ4n) is 22.0. The summed E-state index contributed by atoms with van der Waals surface area (Å²) in [6, 6.07) is 106. The van der Waals surface area contributed by atoms with Crippen LogP contribution in [-0.4, -0.2) is 35.1 Å². The molecule has 0 radical (unpaired) electrons. The molecule has 123 heavy (non-hydrogen) atoms. The maximum Gasteiger partial charge on any atom is 0.243 e. The SMILES string of the molecule is Cc1cc(C)c(B(c2c(C)cc(C)cc2C)c2cc3cnc4ccccc4c3c3ccccc23)c(C)c1.Cc1cc(C)c(B(c2ccc(-c3cc4cnc5ccccc5c4c4ccccc34)cc2)c2c(C)cc(C)cc2C)c(C)c1.Cc1cc(C)c(B(c2cccc(-c3cc4cnc5ccccc5c4c4ccccc34)c2)c2c(C)cc(C)cc2C)c(C)c1. The van der Waals surface area contributed by atoms with Crippen LogP contribution in [0.25, 0.3) is 120 Å². The van der Waals surface area contributed by atoms with Crippen LogP contribution in [0, 0.1) is 125 Å². The van der Waals surface area contributed by atoms with E-state index in [-0.39, 0.29) is 20.1 Å². The standard InChI is InChI=1S/2C41H36BN.C35H32BN/c1-25-18-27(3)40(28(4)19-25)42(41-29(5)20-26(2)21-30(41)6)33-13-11-12-31(22-33)37-23-32-24-43-38-17-10-9-16-36(38)39(32)35-15-8-7-14-34(35)37;1-25-19-27(3)40(28(4)20-25)42(41-29(5)21-26(2)22-30(41)6)33-17-15-31(16-18-33)37-23-32-24-43-38-14-10-9-13-36(38)39(32)35-12-8-7-11-34(35)37;1-21-15-23(3)34(24(4)16-21)36(35-25(5)17-22(2)18-26(35)6)31-19-27-20-37-32-14-10-9-13-30(32)33(27)29-12-8-7-11-28(29)31/h2*7-24H,1-6H3;7-20H,1-6H3. The molecule has 17 aromatic carbocycles. The minimum absolute atomic E-state index is 0.127. The Morgan fingerprint density at radius 1 is 0.187 bits per heavy atom. The summed E-state index contributed by atoms with van der Waals surface area (Å²) in [6.07, 6.45) is 6.14. The summed E-state index contributed by atoms with van der Waals surface area (Å²) < 4.78 is 0. The molecule has 0 bridgehead atoms. The van der Waals surface area contributed by atoms with Gasteiger partial charge in [0.25, 0.3) is 0 Å². The first-order valence-corrected chi connectivity index (χ1v) is 43.7. The Morgan fingerprint density at radius 3 is 0.780 bits per heavy atom. The van der Waals surface area contributed by atoms with Crippen LogP contribution >= 0.6 is 0 Å². The zero-order chi connectivity index (χ0) is 85.5. The Hall–Kier alpha value is -13.3. The summed E-state index contributed by atoms with van der Waals surface area (Å²) in [5, 5.41) is 18.7. The van der Waals surface area contributed by atoms with Crippen molar-refractivity contribution in [3.63, 3.8) is 0 Å². The zero-order valence-electron chi connectivity index (χ0n) is 74.4. The molecule has 0 aliphatic carbocycles. The van der Waals surface area contributed by atoms with Crippen molar-refractivity contribution in [1.82, 2.24) is 15.0 Å². The predicted molar refractivity (Wildman–Crippen MR) is 539 cm³/mol. The Kier molecular flexibility index (Phi) is 21.6. The molecule has 3 nitrogen and oxygen atoms in total. The molecule has 0 N–H and O–H groups in total. The van der Waals surface area contributed by atoms with Crippen LogP contribution in [0.5, 0.6) is 0 Å². The molecular formula is C117H104B3N3. The van der Waals surface area contributed by atoms with Gasteiger partial charge in [0.05, 0.1) is 16.6 Å². The summed E-state index contributed by atoms with van der Waals surface area (Å²) in [5.74, 6) is 0. The first-order chi connectivity index (χ1) is 59.4. The maximum absolute atomic E-state index is 4.86. The predicted octanol–water partition coefficient (Wildman–Crippen LogP) is 24.1. The number of hydrogen-bond acceptors (Lipinski definition) is 3. The van der Waals surface area contributed by atoms with E-state index in [1.165, 1.54) is 252 Å². The second-order valence-corrected chi connectivity index (χ2v) is 35.6. The van der Waals surface area contributed by atoms with Gasteiger partial charge in [-0.1, -0.05) is 404 Å². The molecule has 0 atom stereocenters. The molecule has 6 heteroatoms. The van der Waals surface area contributed by atoms with E-state index in [4.69, 9.17) is 15.0 Å². The van der Waals surface area contributed by atoms with Gasteiger partial charge in [0.1, 0.15) is 0 Å². The van der Waals surface area contributed by atoms with E-state index >= 15 is 0 Å². The third-order valence-corrected chi connectivity index (χ3v) is 26.4. The smallest absolute Gasteiger partial charge is 0.243 e. The van der Waals surface area contributed by atoms with Gasteiger partial charge in [-0.25, -0.2) is 0 Å². The molecule has 0 amide bonds.